The summed E-state index contributed by atoms with van der Waals surface area (Å²) >= 11 is 0. The van der Waals surface area contributed by atoms with Crippen molar-refractivity contribution in [2.75, 3.05) is 23.7 Å². The molecule has 1 atom stereocenters. The van der Waals surface area contributed by atoms with Gasteiger partial charge >= 0.3 is 17.9 Å². The zero-order chi connectivity index (χ0) is 44.4. The number of ether oxygens (including phenoxy) is 1. The monoisotopic (exact) mass is 851 g/mol. The first-order valence-electron chi connectivity index (χ1n) is 20.2. The Labute approximate surface area is 355 Å². The average Bonchev–Trinajstić information content (AvgIpc) is 3.54. The zero-order valence-electron chi connectivity index (χ0n) is 34.8. The van der Waals surface area contributed by atoms with Gasteiger partial charge in [-0.05, 0) is 109 Å². The van der Waals surface area contributed by atoms with E-state index < -0.39 is 50.5 Å². The van der Waals surface area contributed by atoms with Crippen LogP contribution >= 0.6 is 0 Å². The molecule has 0 radical (unpaired) electrons. The van der Waals surface area contributed by atoms with Gasteiger partial charge in [-0.25, -0.2) is 9.59 Å². The van der Waals surface area contributed by atoms with E-state index in [-0.39, 0.29) is 36.9 Å². The largest absolute Gasteiger partial charge is 0.481 e. The van der Waals surface area contributed by atoms with Gasteiger partial charge in [0.1, 0.15) is 12.3 Å². The highest BCUT2D eigenvalue weighted by Crippen LogP contribution is 2.49. The maximum Gasteiger partial charge on any atom is 0.335 e. The highest BCUT2D eigenvalue weighted by molar-refractivity contribution is 7.85. The standard InChI is InChI=1S/C47H50N2O11S/c1-6-7-21-48-39-18-16-35(60-28-50)27-37(39)47(4,5)41(48)20-15-32-25-34(45(55)56)24-31(42(32)29-9-11-30(12-10-29)43(51)52)14-19-40-46(2,3)36-26-33(44(53)54)13-17-38(36)49(40)22-8-23-61(57,58)59/h9-20,26-28,34H,6-8,21-25H2,1-5H3,(H3-,51,52,53,54,55,56,57,58,59)/p+1. The molecule has 61 heavy (non-hydrogen) atoms. The number of aromatic carboxylic acids is 2. The van der Waals surface area contributed by atoms with Crippen molar-refractivity contribution in [2.24, 2.45) is 5.92 Å². The van der Waals surface area contributed by atoms with Crippen molar-refractivity contribution in [1.29, 1.82) is 0 Å². The van der Waals surface area contributed by atoms with E-state index in [0.717, 1.165) is 41.0 Å². The third-order valence-corrected chi connectivity index (χ3v) is 12.7. The smallest absolute Gasteiger partial charge is 0.335 e. The molecule has 3 aliphatic rings. The van der Waals surface area contributed by atoms with Crippen LogP contribution in [0.1, 0.15) is 104 Å². The van der Waals surface area contributed by atoms with Crippen molar-refractivity contribution >= 4 is 57.2 Å². The summed E-state index contributed by atoms with van der Waals surface area (Å²) in [6, 6.07) is 16.8. The van der Waals surface area contributed by atoms with Gasteiger partial charge in [0.15, 0.2) is 5.71 Å². The van der Waals surface area contributed by atoms with E-state index in [2.05, 4.69) is 25.3 Å². The molecule has 0 saturated carbocycles. The van der Waals surface area contributed by atoms with Gasteiger partial charge < -0.3 is 25.0 Å². The zero-order valence-corrected chi connectivity index (χ0v) is 35.7. The molecule has 1 aliphatic carbocycles. The van der Waals surface area contributed by atoms with Gasteiger partial charge in [0.25, 0.3) is 16.6 Å². The number of rotatable bonds is 16. The number of hydrogen-bond donors (Lipinski definition) is 4. The number of carbonyl (C=O) groups is 4. The molecule has 4 N–H and O–H groups in total. The van der Waals surface area contributed by atoms with E-state index in [9.17, 15) is 47.5 Å². The molecule has 320 valence electrons. The molecule has 0 aromatic heterocycles. The van der Waals surface area contributed by atoms with Crippen LogP contribution in [-0.2, 0) is 30.5 Å². The second kappa shape index (κ2) is 17.5. The summed E-state index contributed by atoms with van der Waals surface area (Å²) < 4.78 is 40.4. The summed E-state index contributed by atoms with van der Waals surface area (Å²) in [6.45, 7) is 11.4. The van der Waals surface area contributed by atoms with Crippen molar-refractivity contribution in [3.8, 4) is 5.75 Å². The van der Waals surface area contributed by atoms with Crippen molar-refractivity contribution in [2.45, 2.75) is 77.6 Å². The Morgan fingerprint density at radius 3 is 2.16 bits per heavy atom. The Morgan fingerprint density at radius 1 is 0.852 bits per heavy atom. The fourth-order valence-corrected chi connectivity index (χ4v) is 9.29. The number of carbonyl (C=O) groups excluding carboxylic acids is 1. The molecule has 0 saturated heterocycles. The highest BCUT2D eigenvalue weighted by Gasteiger charge is 2.45. The molecule has 3 aromatic carbocycles. The Hall–Kier alpha value is -6.12. The molecule has 1 unspecified atom stereocenters. The lowest BCUT2D eigenvalue weighted by Gasteiger charge is -2.29. The molecule has 0 amide bonds. The summed E-state index contributed by atoms with van der Waals surface area (Å²) in [5.41, 5.74) is 6.64. The minimum Gasteiger partial charge on any atom is -0.481 e. The van der Waals surface area contributed by atoms with Crippen molar-refractivity contribution in [3.63, 3.8) is 0 Å². The number of carboxylic acid groups (broad SMARTS) is 3. The lowest BCUT2D eigenvalue weighted by Crippen LogP contribution is -2.28. The number of benzene rings is 3. The van der Waals surface area contributed by atoms with Crippen LogP contribution < -0.4 is 9.64 Å². The van der Waals surface area contributed by atoms with Gasteiger partial charge in [-0.15, -0.1) is 0 Å². The number of nitrogens with zero attached hydrogens (tertiary/aromatic N) is 2. The van der Waals surface area contributed by atoms with Crippen LogP contribution in [0.5, 0.6) is 5.75 Å². The molecule has 0 bridgehead atoms. The second-order valence-electron chi connectivity index (χ2n) is 16.7. The Balaban J connectivity index is 1.55. The SMILES string of the molecule is CCCC[N+]1=C(/C=C/C2=C(c3ccc(C(=O)O)cc3)C(=C/C=C3/N(CCCS(=O)(=O)O)c4ccc(C(=O)O)cc4C3(C)C)/CC(C(=O)O)C2)C(C)(C)c2cc(OC=O)ccc21. The van der Waals surface area contributed by atoms with Crippen LogP contribution in [0.25, 0.3) is 5.57 Å². The molecule has 2 aliphatic heterocycles. The molecular formula is C47H51N2O11S+. The predicted molar refractivity (Wildman–Crippen MR) is 232 cm³/mol. The predicted octanol–water partition coefficient (Wildman–Crippen LogP) is 8.19. The maximum atomic E-state index is 12.9. The minimum atomic E-state index is -4.26. The van der Waals surface area contributed by atoms with Crippen LogP contribution in [0.2, 0.25) is 0 Å². The van der Waals surface area contributed by atoms with E-state index in [1.165, 1.54) is 18.2 Å². The molecule has 14 heteroatoms. The van der Waals surface area contributed by atoms with Crippen LogP contribution in [0.4, 0.5) is 11.4 Å². The molecule has 3 aromatic rings. The number of carboxylic acids is 3. The van der Waals surface area contributed by atoms with E-state index >= 15 is 0 Å². The number of unbranched alkanes of at least 4 members (excludes halogenated alkanes) is 1. The molecule has 0 spiro atoms. The third kappa shape index (κ3) is 9.15. The lowest BCUT2D eigenvalue weighted by atomic mass is 9.76. The average molecular weight is 852 g/mol. The van der Waals surface area contributed by atoms with E-state index in [1.807, 2.05) is 55.2 Å². The number of aliphatic carboxylic acids is 1. The summed E-state index contributed by atoms with van der Waals surface area (Å²) in [6.07, 6.45) is 9.91. The quantitative estimate of drug-likeness (QED) is 0.0613. The van der Waals surface area contributed by atoms with Crippen LogP contribution in [0.15, 0.2) is 102 Å². The van der Waals surface area contributed by atoms with Crippen LogP contribution in [0.3, 0.4) is 0 Å². The first kappa shape index (κ1) is 44.4. The second-order valence-corrected chi connectivity index (χ2v) is 18.2. The molecule has 13 nitrogen and oxygen atoms in total. The van der Waals surface area contributed by atoms with Gasteiger partial charge in [0.2, 0.25) is 5.69 Å². The highest BCUT2D eigenvalue weighted by atomic mass is 32.2. The summed E-state index contributed by atoms with van der Waals surface area (Å²) in [7, 11) is -4.26. The summed E-state index contributed by atoms with van der Waals surface area (Å²) in [5.74, 6) is -4.06. The van der Waals surface area contributed by atoms with E-state index in [1.54, 1.807) is 30.3 Å². The van der Waals surface area contributed by atoms with Gasteiger partial charge in [-0.3, -0.25) is 14.1 Å². The first-order chi connectivity index (χ1) is 28.8. The van der Waals surface area contributed by atoms with Crippen molar-refractivity contribution in [1.82, 2.24) is 0 Å². The molecule has 6 rings (SSSR count). The van der Waals surface area contributed by atoms with Crippen LogP contribution in [0, 0.1) is 5.92 Å². The van der Waals surface area contributed by atoms with Crippen molar-refractivity contribution in [3.05, 3.63) is 130 Å². The summed E-state index contributed by atoms with van der Waals surface area (Å²) in [4.78, 5) is 50.0. The van der Waals surface area contributed by atoms with Crippen LogP contribution in [-0.4, -0.2) is 81.8 Å². The topological polar surface area (TPSA) is 199 Å². The Morgan fingerprint density at radius 2 is 1.54 bits per heavy atom. The first-order valence-corrected chi connectivity index (χ1v) is 21.8. The maximum absolute atomic E-state index is 12.9. The van der Waals surface area contributed by atoms with E-state index in [0.29, 0.717) is 46.9 Å². The third-order valence-electron chi connectivity index (χ3n) is 11.9. The summed E-state index contributed by atoms with van der Waals surface area (Å²) in [5, 5.41) is 30.1. The Bertz CT molecular complexity index is 2560. The fraction of sp³-hybridized carbons (Fsp3) is 0.340. The fourth-order valence-electron chi connectivity index (χ4n) is 8.80. The van der Waals surface area contributed by atoms with Gasteiger partial charge in [-0.1, -0.05) is 51.5 Å². The van der Waals surface area contributed by atoms with Crippen molar-refractivity contribution < 1.29 is 56.8 Å². The van der Waals surface area contributed by atoms with Gasteiger partial charge in [0, 0.05) is 47.5 Å². The Kier molecular flexibility index (Phi) is 12.7. The molecular weight excluding hydrogens is 801 g/mol. The number of allylic oxidation sites excluding steroid dienone is 8. The molecule has 2 heterocycles. The van der Waals surface area contributed by atoms with Gasteiger partial charge in [-0.2, -0.15) is 13.0 Å². The van der Waals surface area contributed by atoms with E-state index in [4.69, 9.17) is 4.74 Å². The number of anilines is 1. The molecule has 0 fully saturated rings. The number of hydrogen-bond acceptors (Lipinski definition) is 8. The number of fused-ring (bicyclic) bond motifs is 2. The minimum absolute atomic E-state index is 0.0693. The lowest BCUT2D eigenvalue weighted by molar-refractivity contribution is -0.438. The normalized spacial score (nSPS) is 19.4. The van der Waals surface area contributed by atoms with Gasteiger partial charge in [0.05, 0.1) is 28.2 Å².